The van der Waals surface area contributed by atoms with Crippen LogP contribution >= 0.6 is 11.6 Å². The van der Waals surface area contributed by atoms with Gasteiger partial charge in [-0.2, -0.15) is 31.7 Å². The smallest absolute Gasteiger partial charge is 0.411 e. The number of rotatable bonds is 6. The molecule has 1 heterocycles. The molecule has 1 amide bonds. The summed E-state index contributed by atoms with van der Waals surface area (Å²) in [7, 11) is 0. The van der Waals surface area contributed by atoms with Crippen molar-refractivity contribution >= 4 is 17.7 Å². The number of nitrogens with zero attached hydrogens (tertiary/aromatic N) is 3. The van der Waals surface area contributed by atoms with Crippen molar-refractivity contribution < 1.29 is 31.5 Å². The number of nitrogens with two attached hydrogens (primary N) is 1. The van der Waals surface area contributed by atoms with Crippen LogP contribution in [-0.4, -0.2) is 39.2 Å². The fourth-order valence-electron chi connectivity index (χ4n) is 2.63. The lowest BCUT2D eigenvalue weighted by Crippen LogP contribution is -2.48. The highest BCUT2D eigenvalue weighted by Gasteiger charge is 2.64. The predicted octanol–water partition coefficient (Wildman–Crippen LogP) is 3.81. The van der Waals surface area contributed by atoms with Gasteiger partial charge in [-0.3, -0.25) is 0 Å². The molecule has 3 N–H and O–H groups in total. The van der Waals surface area contributed by atoms with Crippen LogP contribution in [0.3, 0.4) is 0 Å². The number of halogens is 6. The molecule has 0 saturated heterocycles. The Balaban J connectivity index is 1.68. The summed E-state index contributed by atoms with van der Waals surface area (Å²) in [5.41, 5.74) is 4.13. The molecule has 0 spiro atoms. The van der Waals surface area contributed by atoms with Crippen LogP contribution in [0.2, 0.25) is 5.02 Å². The van der Waals surface area contributed by atoms with Crippen LogP contribution in [0.1, 0.15) is 31.0 Å². The molecule has 1 aromatic heterocycles. The van der Waals surface area contributed by atoms with E-state index in [2.05, 4.69) is 10.1 Å². The molecule has 0 unspecified atom stereocenters. The lowest BCUT2D eigenvalue weighted by atomic mass is 10.0. The van der Waals surface area contributed by atoms with E-state index in [9.17, 15) is 26.7 Å². The van der Waals surface area contributed by atoms with E-state index in [0.717, 1.165) is 6.33 Å². The molecule has 3 rings (SSSR count). The van der Waals surface area contributed by atoms with Crippen LogP contribution in [0.15, 0.2) is 24.5 Å². The monoisotopic (exact) mass is 439 g/mol. The molecule has 2 aromatic rings. The zero-order valence-electron chi connectivity index (χ0n) is 14.6. The van der Waals surface area contributed by atoms with Crippen molar-refractivity contribution in [3.8, 4) is 11.4 Å². The molecular weight excluding hydrogens is 425 g/mol. The van der Waals surface area contributed by atoms with E-state index in [1.165, 1.54) is 18.2 Å². The number of aromatic nitrogens is 3. The molecule has 1 saturated carbocycles. The third kappa shape index (κ3) is 4.42. The number of hydrogen-bond acceptors (Lipinski definition) is 5. The average molecular weight is 440 g/mol. The van der Waals surface area contributed by atoms with Crippen molar-refractivity contribution in [2.24, 2.45) is 5.73 Å². The van der Waals surface area contributed by atoms with Gasteiger partial charge in [-0.25, -0.2) is 9.78 Å². The predicted molar refractivity (Wildman–Crippen MR) is 91.2 cm³/mol. The maximum absolute atomic E-state index is 13.0. The van der Waals surface area contributed by atoms with Crippen LogP contribution in [0.4, 0.5) is 26.7 Å². The standard InChI is InChI=1S/C16H15ClF5N5O2/c17-10-2-1-8(5-9(10)12-24-7-25-27(12)13(18)19)11(23)6-29-14(28)26-15(3-4-15)16(20,21)22/h1-2,5,7,11,13H,3-4,6,23H2,(H,26,28)/t11-/m1/s1. The normalized spacial score (nSPS) is 16.6. The fraction of sp³-hybridized carbons (Fsp3) is 0.438. The van der Waals surface area contributed by atoms with Gasteiger partial charge in [-0.15, -0.1) is 0 Å². The van der Waals surface area contributed by atoms with Gasteiger partial charge in [0.05, 0.1) is 11.1 Å². The Morgan fingerprint density at radius 1 is 1.38 bits per heavy atom. The number of carbonyl (C=O) groups is 1. The molecule has 13 heteroatoms. The first kappa shape index (κ1) is 21.2. The molecule has 0 radical (unpaired) electrons. The topological polar surface area (TPSA) is 95.1 Å². The number of carbonyl (C=O) groups excluding carboxylic acids is 1. The highest BCUT2D eigenvalue weighted by Crippen LogP contribution is 2.48. The zero-order chi connectivity index (χ0) is 21.4. The largest absolute Gasteiger partial charge is 0.448 e. The number of hydrogen-bond donors (Lipinski definition) is 2. The highest BCUT2D eigenvalue weighted by molar-refractivity contribution is 6.33. The number of benzene rings is 1. The van der Waals surface area contributed by atoms with E-state index in [0.29, 0.717) is 10.2 Å². The van der Waals surface area contributed by atoms with E-state index in [1.54, 1.807) is 0 Å². The second kappa shape index (κ2) is 7.75. The van der Waals surface area contributed by atoms with Crippen molar-refractivity contribution in [2.75, 3.05) is 6.61 Å². The molecule has 29 heavy (non-hydrogen) atoms. The number of ether oxygens (including phenoxy) is 1. The Hall–Kier alpha value is -2.47. The van der Waals surface area contributed by atoms with Crippen molar-refractivity contribution in [3.63, 3.8) is 0 Å². The van der Waals surface area contributed by atoms with Crippen LogP contribution in [-0.2, 0) is 4.74 Å². The lowest BCUT2D eigenvalue weighted by molar-refractivity contribution is -0.164. The minimum absolute atomic E-state index is 0.107. The van der Waals surface area contributed by atoms with E-state index in [-0.39, 0.29) is 29.3 Å². The maximum Gasteiger partial charge on any atom is 0.411 e. The van der Waals surface area contributed by atoms with E-state index in [1.807, 2.05) is 5.32 Å². The van der Waals surface area contributed by atoms with E-state index in [4.69, 9.17) is 22.1 Å². The van der Waals surface area contributed by atoms with E-state index < -0.39 is 37.0 Å². The average Bonchev–Trinajstić information content (AvgIpc) is 3.26. The Labute approximate surface area is 166 Å². The Kier molecular flexibility index (Phi) is 5.68. The van der Waals surface area contributed by atoms with Crippen molar-refractivity contribution in [2.45, 2.75) is 37.1 Å². The van der Waals surface area contributed by atoms with Gasteiger partial charge < -0.3 is 15.8 Å². The molecule has 1 aliphatic carbocycles. The van der Waals surface area contributed by atoms with Crippen LogP contribution in [0.25, 0.3) is 11.4 Å². The minimum Gasteiger partial charge on any atom is -0.448 e. The Bertz CT molecular complexity index is 900. The third-order valence-electron chi connectivity index (χ3n) is 4.45. The summed E-state index contributed by atoms with van der Waals surface area (Å²) >= 11 is 6.05. The Morgan fingerprint density at radius 3 is 2.66 bits per heavy atom. The number of alkyl halides is 5. The SMILES string of the molecule is N[C@H](COC(=O)NC1(C(F)(F)F)CC1)c1ccc(Cl)c(-c2ncnn2C(F)F)c1. The second-order valence-electron chi connectivity index (χ2n) is 6.45. The van der Waals surface area contributed by atoms with Gasteiger partial charge in [0.15, 0.2) is 5.82 Å². The Morgan fingerprint density at radius 2 is 2.07 bits per heavy atom. The molecule has 0 bridgehead atoms. The van der Waals surface area contributed by atoms with Gasteiger partial charge in [0.2, 0.25) is 0 Å². The summed E-state index contributed by atoms with van der Waals surface area (Å²) in [5.74, 6) is -0.196. The quantitative estimate of drug-likeness (QED) is 0.667. The molecule has 7 nitrogen and oxygen atoms in total. The van der Waals surface area contributed by atoms with Crippen molar-refractivity contribution in [1.82, 2.24) is 20.1 Å². The van der Waals surface area contributed by atoms with Crippen LogP contribution < -0.4 is 11.1 Å². The molecule has 1 atom stereocenters. The molecule has 158 valence electrons. The summed E-state index contributed by atoms with van der Waals surface area (Å²) in [6, 6.07) is 3.29. The van der Waals surface area contributed by atoms with Gasteiger partial charge in [-0.1, -0.05) is 17.7 Å². The molecule has 1 aliphatic rings. The first-order valence-corrected chi connectivity index (χ1v) is 8.66. The van der Waals surface area contributed by atoms with Gasteiger partial charge in [0.1, 0.15) is 18.5 Å². The summed E-state index contributed by atoms with van der Waals surface area (Å²) in [6.07, 6.45) is -5.32. The second-order valence-corrected chi connectivity index (χ2v) is 6.86. The molecule has 0 aliphatic heterocycles. The summed E-state index contributed by atoms with van der Waals surface area (Å²) in [4.78, 5) is 15.5. The summed E-state index contributed by atoms with van der Waals surface area (Å²) in [6.45, 7) is -3.39. The number of nitrogens with one attached hydrogen (secondary N) is 1. The van der Waals surface area contributed by atoms with E-state index >= 15 is 0 Å². The maximum atomic E-state index is 13.0. The zero-order valence-corrected chi connectivity index (χ0v) is 15.3. The summed E-state index contributed by atoms with van der Waals surface area (Å²) in [5, 5.41) is 5.34. The molecule has 1 aromatic carbocycles. The number of alkyl carbamates (subject to hydrolysis) is 1. The minimum atomic E-state index is -4.57. The van der Waals surface area contributed by atoms with Crippen molar-refractivity contribution in [3.05, 3.63) is 35.1 Å². The van der Waals surface area contributed by atoms with Crippen LogP contribution in [0, 0.1) is 0 Å². The van der Waals surface area contributed by atoms with Gasteiger partial charge in [0.25, 0.3) is 0 Å². The van der Waals surface area contributed by atoms with Crippen LogP contribution in [0.5, 0.6) is 0 Å². The third-order valence-corrected chi connectivity index (χ3v) is 4.77. The van der Waals surface area contributed by atoms with Gasteiger partial charge in [0, 0.05) is 5.56 Å². The summed E-state index contributed by atoms with van der Waals surface area (Å²) < 4.78 is 69.8. The van der Waals surface area contributed by atoms with Crippen molar-refractivity contribution in [1.29, 1.82) is 0 Å². The molecule has 1 fully saturated rings. The lowest BCUT2D eigenvalue weighted by Gasteiger charge is -2.21. The first-order chi connectivity index (χ1) is 13.5. The first-order valence-electron chi connectivity index (χ1n) is 8.29. The fourth-order valence-corrected chi connectivity index (χ4v) is 2.83. The highest BCUT2D eigenvalue weighted by atomic mass is 35.5. The number of amides is 1. The molecular formula is C16H15ClF5N5O2. The van der Waals surface area contributed by atoms with Gasteiger partial charge >= 0.3 is 18.8 Å². The van der Waals surface area contributed by atoms with Gasteiger partial charge in [-0.05, 0) is 30.5 Å².